The lowest BCUT2D eigenvalue weighted by atomic mass is 9.93. The van der Waals surface area contributed by atoms with Gasteiger partial charge in [0.1, 0.15) is 0 Å². The number of rotatable bonds is 4. The van der Waals surface area contributed by atoms with Crippen LogP contribution in [-0.4, -0.2) is 13.7 Å². The van der Waals surface area contributed by atoms with Gasteiger partial charge in [-0.25, -0.2) is 0 Å². The minimum Gasteiger partial charge on any atom is -0.309 e. The molecule has 0 unspecified atom stereocenters. The number of aromatic nitrogens is 3. The minimum absolute atomic E-state index is 1.16. The molecule has 0 saturated heterocycles. The first-order valence-electron chi connectivity index (χ1n) is 18.2. The van der Waals surface area contributed by atoms with Gasteiger partial charge >= 0.3 is 0 Å². The zero-order chi connectivity index (χ0) is 33.5. The van der Waals surface area contributed by atoms with Gasteiger partial charge in [0, 0.05) is 43.7 Å². The van der Waals surface area contributed by atoms with Crippen LogP contribution in [0.25, 0.3) is 88.1 Å². The Kier molecular flexibility index (Phi) is 6.20. The minimum atomic E-state index is 1.16. The summed E-state index contributed by atoms with van der Waals surface area (Å²) in [4.78, 5) is 0. The van der Waals surface area contributed by atoms with Crippen molar-refractivity contribution in [3.05, 3.63) is 169 Å². The second-order valence-electron chi connectivity index (χ2n) is 14.0. The number of allylic oxidation sites excluding steroid dienone is 2. The van der Waals surface area contributed by atoms with Gasteiger partial charge in [-0.05, 0) is 97.5 Å². The Hall–Kier alpha value is -6.32. The van der Waals surface area contributed by atoms with E-state index in [0.29, 0.717) is 0 Å². The molecular formula is C48H35N3. The lowest BCUT2D eigenvalue weighted by Gasteiger charge is -2.15. The molecule has 1 aliphatic rings. The van der Waals surface area contributed by atoms with Crippen LogP contribution in [0.2, 0.25) is 0 Å². The fraction of sp³-hybridized carbons (Fsp3) is 0.0833. The molecule has 0 fully saturated rings. The maximum absolute atomic E-state index is 2.47. The van der Waals surface area contributed by atoms with Gasteiger partial charge in [0.2, 0.25) is 0 Å². The molecule has 3 heteroatoms. The molecule has 10 aromatic rings. The highest BCUT2D eigenvalue weighted by Crippen LogP contribution is 2.41. The molecule has 0 amide bonds. The van der Waals surface area contributed by atoms with Crippen molar-refractivity contribution in [3.8, 4) is 17.1 Å². The number of para-hydroxylation sites is 4. The highest BCUT2D eigenvalue weighted by Gasteiger charge is 2.21. The Balaban J connectivity index is 1.19. The van der Waals surface area contributed by atoms with Crippen molar-refractivity contribution in [1.82, 2.24) is 13.7 Å². The molecule has 0 spiro atoms. The Morgan fingerprint density at radius 1 is 0.373 bits per heavy atom. The molecule has 1 aliphatic carbocycles. The predicted octanol–water partition coefficient (Wildman–Crippen LogP) is 12.9. The van der Waals surface area contributed by atoms with Crippen molar-refractivity contribution in [2.24, 2.45) is 0 Å². The van der Waals surface area contributed by atoms with E-state index in [1.165, 1.54) is 107 Å². The first-order chi connectivity index (χ1) is 25.3. The molecule has 3 heterocycles. The summed E-state index contributed by atoms with van der Waals surface area (Å²) in [6, 6.07) is 58.3. The molecule has 51 heavy (non-hydrogen) atoms. The Morgan fingerprint density at radius 3 is 1.61 bits per heavy atom. The van der Waals surface area contributed by atoms with Gasteiger partial charge in [0.15, 0.2) is 0 Å². The largest absolute Gasteiger partial charge is 0.309 e. The van der Waals surface area contributed by atoms with Crippen LogP contribution in [-0.2, 0) is 0 Å². The summed E-state index contributed by atoms with van der Waals surface area (Å²) in [5.74, 6) is 0. The Morgan fingerprint density at radius 2 is 0.922 bits per heavy atom. The fourth-order valence-corrected chi connectivity index (χ4v) is 8.97. The Bertz CT molecular complexity index is 2980. The second kappa shape index (κ2) is 11.1. The van der Waals surface area contributed by atoms with Gasteiger partial charge in [-0.1, -0.05) is 103 Å². The van der Waals surface area contributed by atoms with E-state index in [9.17, 15) is 0 Å². The second-order valence-corrected chi connectivity index (χ2v) is 14.0. The highest BCUT2D eigenvalue weighted by atomic mass is 15.0. The van der Waals surface area contributed by atoms with E-state index in [4.69, 9.17) is 0 Å². The van der Waals surface area contributed by atoms with Gasteiger partial charge in [-0.2, -0.15) is 0 Å². The monoisotopic (exact) mass is 653 g/mol. The average molecular weight is 654 g/mol. The van der Waals surface area contributed by atoms with E-state index in [0.717, 1.165) is 12.1 Å². The van der Waals surface area contributed by atoms with Crippen LogP contribution in [0.3, 0.4) is 0 Å². The maximum atomic E-state index is 2.47. The van der Waals surface area contributed by atoms with Crippen LogP contribution in [0.5, 0.6) is 0 Å². The van der Waals surface area contributed by atoms with Crippen molar-refractivity contribution in [2.45, 2.75) is 25.7 Å². The van der Waals surface area contributed by atoms with Gasteiger partial charge in [-0.3, -0.25) is 0 Å². The topological polar surface area (TPSA) is 14.8 Å². The number of benzene rings is 7. The quantitative estimate of drug-likeness (QED) is 0.180. The number of fused-ring (bicyclic) bond motifs is 9. The predicted molar refractivity (Wildman–Crippen MR) is 216 cm³/mol. The number of hydrogen-bond donors (Lipinski definition) is 0. The average Bonchev–Trinajstić information content (AvgIpc) is 3.84. The first-order valence-corrected chi connectivity index (χ1v) is 18.2. The van der Waals surface area contributed by atoms with Gasteiger partial charge in [0.25, 0.3) is 0 Å². The summed E-state index contributed by atoms with van der Waals surface area (Å²) < 4.78 is 7.39. The van der Waals surface area contributed by atoms with E-state index in [-0.39, 0.29) is 0 Å². The third-order valence-corrected chi connectivity index (χ3v) is 11.2. The fourth-order valence-electron chi connectivity index (χ4n) is 8.97. The molecule has 0 bridgehead atoms. The molecular weight excluding hydrogens is 619 g/mol. The van der Waals surface area contributed by atoms with Gasteiger partial charge in [-0.15, -0.1) is 0 Å². The van der Waals surface area contributed by atoms with E-state index in [1.54, 1.807) is 0 Å². The van der Waals surface area contributed by atoms with E-state index in [2.05, 4.69) is 178 Å². The first kappa shape index (κ1) is 28.5. The van der Waals surface area contributed by atoms with Crippen molar-refractivity contribution >= 4 is 71.0 Å². The van der Waals surface area contributed by atoms with Gasteiger partial charge < -0.3 is 13.7 Å². The summed E-state index contributed by atoms with van der Waals surface area (Å²) in [5.41, 5.74) is 13.7. The molecule has 0 atom stereocenters. The molecule has 0 radical (unpaired) electrons. The van der Waals surface area contributed by atoms with Crippen LogP contribution in [0.1, 0.15) is 31.2 Å². The summed E-state index contributed by atoms with van der Waals surface area (Å²) in [6.07, 6.45) is 7.34. The molecule has 3 aromatic heterocycles. The van der Waals surface area contributed by atoms with Crippen LogP contribution in [0.15, 0.2) is 164 Å². The van der Waals surface area contributed by atoms with E-state index in [1.807, 2.05) is 0 Å². The normalized spacial score (nSPS) is 13.7. The van der Waals surface area contributed by atoms with Gasteiger partial charge in [0.05, 0.1) is 38.8 Å². The lowest BCUT2D eigenvalue weighted by Crippen LogP contribution is -1.99. The summed E-state index contributed by atoms with van der Waals surface area (Å²) >= 11 is 0. The summed E-state index contributed by atoms with van der Waals surface area (Å²) in [6.45, 7) is 0. The third kappa shape index (κ3) is 4.18. The summed E-state index contributed by atoms with van der Waals surface area (Å²) in [5, 5.41) is 7.60. The molecule has 0 N–H and O–H groups in total. The molecule has 0 aliphatic heterocycles. The van der Waals surface area contributed by atoms with Crippen LogP contribution in [0.4, 0.5) is 0 Å². The Labute approximate surface area is 295 Å². The molecule has 11 rings (SSSR count). The molecule has 7 aromatic carbocycles. The molecule has 3 nitrogen and oxygen atoms in total. The number of nitrogens with zero attached hydrogens (tertiary/aromatic N) is 3. The van der Waals surface area contributed by atoms with Crippen LogP contribution in [0, 0.1) is 0 Å². The SMILES string of the molecule is C1=C(c2cccc(-n3c4ccccc4c4ccc(-n5c6ccccc6c6c(-n7c8ccccc8c8ccccc87)cccc65)cc43)c2)CCCC1. The van der Waals surface area contributed by atoms with Crippen molar-refractivity contribution in [3.63, 3.8) is 0 Å². The molecule has 242 valence electrons. The van der Waals surface area contributed by atoms with E-state index >= 15 is 0 Å². The maximum Gasteiger partial charge on any atom is 0.0562 e. The summed E-state index contributed by atoms with van der Waals surface area (Å²) in [7, 11) is 0. The van der Waals surface area contributed by atoms with Crippen molar-refractivity contribution in [1.29, 1.82) is 0 Å². The smallest absolute Gasteiger partial charge is 0.0562 e. The standard InChI is InChI=1S/C48H35N3/c1-2-14-32(15-3-1)33-16-12-17-34(30-33)50-41-22-8-4-20-38(41)39-29-28-35(31-47(39)50)49-44-25-11-7-21-40(44)48-45(49)26-13-27-46(48)51-42-23-9-5-18-36(42)37-19-6-10-24-43(37)51/h4-14,16-31H,1-3,15H2. The third-order valence-electron chi connectivity index (χ3n) is 11.2. The molecule has 0 saturated carbocycles. The van der Waals surface area contributed by atoms with Crippen LogP contribution < -0.4 is 0 Å². The highest BCUT2D eigenvalue weighted by molar-refractivity contribution is 6.17. The van der Waals surface area contributed by atoms with Crippen molar-refractivity contribution in [2.75, 3.05) is 0 Å². The van der Waals surface area contributed by atoms with Crippen molar-refractivity contribution < 1.29 is 0 Å². The van der Waals surface area contributed by atoms with E-state index < -0.39 is 0 Å². The zero-order valence-electron chi connectivity index (χ0n) is 28.3. The number of hydrogen-bond acceptors (Lipinski definition) is 0. The van der Waals surface area contributed by atoms with Crippen LogP contribution >= 0.6 is 0 Å². The lowest BCUT2D eigenvalue weighted by molar-refractivity contribution is 0.742. The zero-order valence-corrected chi connectivity index (χ0v) is 28.3.